The lowest BCUT2D eigenvalue weighted by atomic mass is 10.1. The van der Waals surface area contributed by atoms with Crippen molar-refractivity contribution in [1.29, 1.82) is 0 Å². The number of aromatic nitrogens is 3. The maximum Gasteiger partial charge on any atom is 0.416 e. The molecule has 1 aliphatic rings. The number of hydrogen-bond acceptors (Lipinski definition) is 4. The fraction of sp³-hybridized carbons (Fsp3) is 0.444. The molecular weight excluding hydrogens is 377 g/mol. The van der Waals surface area contributed by atoms with Crippen LogP contribution >= 0.6 is 0 Å². The molecule has 7 nitrogen and oxygen atoms in total. The van der Waals surface area contributed by atoms with Crippen LogP contribution in [0.5, 0.6) is 0 Å². The molecule has 10 heteroatoms. The molecule has 0 radical (unpaired) electrons. The average Bonchev–Trinajstić information content (AvgIpc) is 3.39. The molecule has 1 aromatic carbocycles. The Kier molecular flexibility index (Phi) is 5.39. The number of carbonyl (C=O) groups excluding carboxylic acids is 1. The number of carboxylic acid groups (broad SMARTS) is 1. The van der Waals surface area contributed by atoms with E-state index in [9.17, 15) is 22.8 Å². The van der Waals surface area contributed by atoms with Crippen molar-refractivity contribution in [1.82, 2.24) is 20.3 Å². The van der Waals surface area contributed by atoms with Crippen molar-refractivity contribution in [2.75, 3.05) is 0 Å². The molecule has 1 saturated carbocycles. The molecular formula is C18H19F3N4O3. The van der Waals surface area contributed by atoms with Crippen molar-refractivity contribution in [2.45, 2.75) is 44.9 Å². The van der Waals surface area contributed by atoms with E-state index in [2.05, 4.69) is 15.6 Å². The quantitative estimate of drug-likeness (QED) is 0.750. The standard InChI is InChI=1S/C18H19F3N4O3/c1-10-16(17(28)22-14(8-15(26)27)12-4-5-12)23-24-25(10)9-11-2-6-13(7-3-11)18(19,20)21/h2-3,6-7,12,14H,4-5,8-9H2,1H3,(H,22,28)(H,26,27)/t14-/m0/s1. The molecule has 0 spiro atoms. The normalized spacial score (nSPS) is 15.3. The Morgan fingerprint density at radius 1 is 1.29 bits per heavy atom. The zero-order chi connectivity index (χ0) is 20.5. The number of carbonyl (C=O) groups is 2. The summed E-state index contributed by atoms with van der Waals surface area (Å²) in [7, 11) is 0. The SMILES string of the molecule is Cc1c(C(=O)N[C@@H](CC(=O)O)C2CC2)nnn1Cc1ccc(C(F)(F)F)cc1. The van der Waals surface area contributed by atoms with Crippen LogP contribution in [0.2, 0.25) is 0 Å². The van der Waals surface area contributed by atoms with Gasteiger partial charge >= 0.3 is 12.1 Å². The van der Waals surface area contributed by atoms with E-state index in [-0.39, 0.29) is 24.6 Å². The number of alkyl halides is 3. The first-order chi connectivity index (χ1) is 13.1. The van der Waals surface area contributed by atoms with Gasteiger partial charge in [0.25, 0.3) is 5.91 Å². The zero-order valence-electron chi connectivity index (χ0n) is 15.0. The summed E-state index contributed by atoms with van der Waals surface area (Å²) >= 11 is 0. The Bertz CT molecular complexity index is 873. The summed E-state index contributed by atoms with van der Waals surface area (Å²) in [6, 6.07) is 4.21. The first kappa shape index (κ1) is 19.8. The van der Waals surface area contributed by atoms with Crippen molar-refractivity contribution in [3.8, 4) is 0 Å². The van der Waals surface area contributed by atoms with Crippen LogP contribution in [0, 0.1) is 12.8 Å². The molecule has 1 aromatic heterocycles. The van der Waals surface area contributed by atoms with Crippen LogP contribution in [-0.2, 0) is 17.5 Å². The van der Waals surface area contributed by atoms with Crippen molar-refractivity contribution < 1.29 is 27.9 Å². The van der Waals surface area contributed by atoms with Crippen molar-refractivity contribution >= 4 is 11.9 Å². The van der Waals surface area contributed by atoms with E-state index in [0.717, 1.165) is 25.0 Å². The van der Waals surface area contributed by atoms with Crippen molar-refractivity contribution in [3.05, 3.63) is 46.8 Å². The number of rotatable bonds is 7. The third kappa shape index (κ3) is 4.68. The largest absolute Gasteiger partial charge is 0.481 e. The molecule has 3 rings (SSSR count). The zero-order valence-corrected chi connectivity index (χ0v) is 15.0. The molecule has 0 bridgehead atoms. The maximum absolute atomic E-state index is 12.6. The molecule has 1 heterocycles. The molecule has 1 fully saturated rings. The Balaban J connectivity index is 1.69. The summed E-state index contributed by atoms with van der Waals surface area (Å²) in [5, 5.41) is 19.4. The molecule has 2 N–H and O–H groups in total. The average molecular weight is 396 g/mol. The van der Waals surface area contributed by atoms with Gasteiger partial charge in [-0.1, -0.05) is 17.3 Å². The lowest BCUT2D eigenvalue weighted by molar-refractivity contribution is -0.138. The highest BCUT2D eigenvalue weighted by Crippen LogP contribution is 2.34. The molecule has 2 aromatic rings. The van der Waals surface area contributed by atoms with E-state index >= 15 is 0 Å². The van der Waals surface area contributed by atoms with E-state index in [0.29, 0.717) is 11.3 Å². The van der Waals surface area contributed by atoms with Gasteiger partial charge < -0.3 is 10.4 Å². The van der Waals surface area contributed by atoms with E-state index < -0.39 is 29.7 Å². The van der Waals surface area contributed by atoms with Crippen LogP contribution < -0.4 is 5.32 Å². The van der Waals surface area contributed by atoms with Crippen LogP contribution in [0.25, 0.3) is 0 Å². The Labute approximate surface area is 158 Å². The van der Waals surface area contributed by atoms with Crippen molar-refractivity contribution in [3.63, 3.8) is 0 Å². The molecule has 150 valence electrons. The van der Waals surface area contributed by atoms with Gasteiger partial charge in [0.05, 0.1) is 24.2 Å². The van der Waals surface area contributed by atoms with Gasteiger partial charge in [0.15, 0.2) is 5.69 Å². The van der Waals surface area contributed by atoms with Gasteiger partial charge in [-0.2, -0.15) is 13.2 Å². The second-order valence-corrected chi connectivity index (χ2v) is 6.89. The van der Waals surface area contributed by atoms with Crippen LogP contribution in [0.3, 0.4) is 0 Å². The highest BCUT2D eigenvalue weighted by molar-refractivity contribution is 5.93. The third-order valence-electron chi connectivity index (χ3n) is 4.71. The summed E-state index contributed by atoms with van der Waals surface area (Å²) in [6.45, 7) is 1.79. The molecule has 0 saturated heterocycles. The smallest absolute Gasteiger partial charge is 0.416 e. The Hall–Kier alpha value is -2.91. The minimum absolute atomic E-state index is 0.0722. The second kappa shape index (κ2) is 7.61. The fourth-order valence-corrected chi connectivity index (χ4v) is 2.95. The highest BCUT2D eigenvalue weighted by Gasteiger charge is 2.34. The van der Waals surface area contributed by atoms with Crippen LogP contribution in [0.1, 0.15) is 46.6 Å². The predicted octanol–water partition coefficient (Wildman–Crippen LogP) is 2.64. The summed E-state index contributed by atoms with van der Waals surface area (Å²) < 4.78 is 39.3. The highest BCUT2D eigenvalue weighted by atomic mass is 19.4. The minimum atomic E-state index is -4.40. The van der Waals surface area contributed by atoms with Gasteiger partial charge in [-0.25, -0.2) is 4.68 Å². The number of carboxylic acids is 1. The number of aliphatic carboxylic acids is 1. The van der Waals surface area contributed by atoms with Gasteiger partial charge in [-0.05, 0) is 43.4 Å². The molecule has 0 unspecified atom stereocenters. The Morgan fingerprint density at radius 3 is 2.46 bits per heavy atom. The number of nitrogens with zero attached hydrogens (tertiary/aromatic N) is 3. The fourth-order valence-electron chi connectivity index (χ4n) is 2.95. The number of hydrogen-bond donors (Lipinski definition) is 2. The van der Waals surface area contributed by atoms with E-state index in [1.54, 1.807) is 6.92 Å². The van der Waals surface area contributed by atoms with E-state index in [1.165, 1.54) is 16.8 Å². The molecule has 1 atom stereocenters. The summed E-state index contributed by atoms with van der Waals surface area (Å²) in [6.07, 6.45) is -2.81. The van der Waals surface area contributed by atoms with Gasteiger partial charge in [0.2, 0.25) is 0 Å². The summed E-state index contributed by atoms with van der Waals surface area (Å²) in [4.78, 5) is 23.4. The number of halogens is 3. The van der Waals surface area contributed by atoms with E-state index in [1.807, 2.05) is 0 Å². The maximum atomic E-state index is 12.6. The van der Waals surface area contributed by atoms with E-state index in [4.69, 9.17) is 5.11 Å². The second-order valence-electron chi connectivity index (χ2n) is 6.89. The van der Waals surface area contributed by atoms with Gasteiger partial charge in [-0.3, -0.25) is 9.59 Å². The molecule has 1 aliphatic carbocycles. The lowest BCUT2D eigenvalue weighted by Gasteiger charge is -2.15. The van der Waals surface area contributed by atoms with Crippen LogP contribution in [0.4, 0.5) is 13.2 Å². The number of nitrogens with one attached hydrogen (secondary N) is 1. The summed E-state index contributed by atoms with van der Waals surface area (Å²) in [5.41, 5.74) is 0.357. The third-order valence-corrected chi connectivity index (χ3v) is 4.71. The molecule has 28 heavy (non-hydrogen) atoms. The van der Waals surface area contributed by atoms with Gasteiger partial charge in [0.1, 0.15) is 0 Å². The van der Waals surface area contributed by atoms with Crippen LogP contribution in [0.15, 0.2) is 24.3 Å². The van der Waals surface area contributed by atoms with Gasteiger partial charge in [-0.15, -0.1) is 5.10 Å². The topological polar surface area (TPSA) is 97.1 Å². The molecule has 0 aliphatic heterocycles. The Morgan fingerprint density at radius 2 is 1.93 bits per heavy atom. The summed E-state index contributed by atoms with van der Waals surface area (Å²) in [5.74, 6) is -1.34. The monoisotopic (exact) mass is 396 g/mol. The van der Waals surface area contributed by atoms with Crippen LogP contribution in [-0.4, -0.2) is 38.0 Å². The minimum Gasteiger partial charge on any atom is -0.481 e. The number of amides is 1. The first-order valence-electron chi connectivity index (χ1n) is 8.74. The first-order valence-corrected chi connectivity index (χ1v) is 8.74. The number of benzene rings is 1. The van der Waals surface area contributed by atoms with Gasteiger partial charge in [0, 0.05) is 6.04 Å². The van der Waals surface area contributed by atoms with Crippen molar-refractivity contribution in [2.24, 2.45) is 5.92 Å². The predicted molar refractivity (Wildman–Crippen MR) is 91.5 cm³/mol. The lowest BCUT2D eigenvalue weighted by Crippen LogP contribution is -2.38. The molecule has 1 amide bonds.